The lowest BCUT2D eigenvalue weighted by Gasteiger charge is -2.09. The van der Waals surface area contributed by atoms with E-state index in [1.165, 1.54) is 24.6 Å². The van der Waals surface area contributed by atoms with Crippen LogP contribution < -0.4 is 14.9 Å². The fourth-order valence-electron chi connectivity index (χ4n) is 2.54. The first-order valence-electron chi connectivity index (χ1n) is 9.55. The van der Waals surface area contributed by atoms with Gasteiger partial charge in [0.05, 0.1) is 12.5 Å². The molecule has 0 spiro atoms. The summed E-state index contributed by atoms with van der Waals surface area (Å²) in [4.78, 5) is 23.7. The highest BCUT2D eigenvalue weighted by Gasteiger charge is 2.05. The van der Waals surface area contributed by atoms with Crippen LogP contribution in [0.2, 0.25) is 0 Å². The summed E-state index contributed by atoms with van der Waals surface area (Å²) in [5.41, 5.74) is 5.23. The van der Waals surface area contributed by atoms with Gasteiger partial charge in [-0.2, -0.15) is 5.10 Å². The van der Waals surface area contributed by atoms with Gasteiger partial charge in [0.25, 0.3) is 5.91 Å². The van der Waals surface area contributed by atoms with Crippen LogP contribution in [0.3, 0.4) is 0 Å². The molecule has 31 heavy (non-hydrogen) atoms. The number of aryl methyl sites for hydroxylation is 1. The van der Waals surface area contributed by atoms with Gasteiger partial charge in [0.2, 0.25) is 0 Å². The Labute approximate surface area is 180 Å². The van der Waals surface area contributed by atoms with Crippen LogP contribution >= 0.6 is 0 Å². The van der Waals surface area contributed by atoms with E-state index in [9.17, 15) is 9.59 Å². The predicted molar refractivity (Wildman–Crippen MR) is 117 cm³/mol. The number of hydrogen-bond donors (Lipinski definition) is 1. The van der Waals surface area contributed by atoms with Crippen molar-refractivity contribution >= 4 is 24.2 Å². The molecule has 7 nitrogen and oxygen atoms in total. The van der Waals surface area contributed by atoms with Crippen molar-refractivity contribution in [3.63, 3.8) is 0 Å². The van der Waals surface area contributed by atoms with Gasteiger partial charge in [-0.05, 0) is 79.1 Å². The monoisotopic (exact) mass is 418 g/mol. The topological polar surface area (TPSA) is 90.1 Å². The molecular formula is C24H22N2O5. The van der Waals surface area contributed by atoms with Crippen LogP contribution in [0, 0.1) is 13.8 Å². The summed E-state index contributed by atoms with van der Waals surface area (Å²) in [5, 5.41) is 3.91. The molecule has 1 aromatic heterocycles. The van der Waals surface area contributed by atoms with Crippen molar-refractivity contribution in [2.45, 2.75) is 13.8 Å². The average molecular weight is 418 g/mol. The average Bonchev–Trinajstić information content (AvgIpc) is 3.28. The van der Waals surface area contributed by atoms with Gasteiger partial charge in [0, 0.05) is 6.08 Å². The number of hydrazone groups is 1. The van der Waals surface area contributed by atoms with Gasteiger partial charge >= 0.3 is 5.97 Å². The summed E-state index contributed by atoms with van der Waals surface area (Å²) in [6.07, 6.45) is 5.81. The van der Waals surface area contributed by atoms with E-state index in [0.29, 0.717) is 17.3 Å². The van der Waals surface area contributed by atoms with Gasteiger partial charge in [-0.15, -0.1) is 0 Å². The van der Waals surface area contributed by atoms with Crippen LogP contribution in [0.4, 0.5) is 0 Å². The Bertz CT molecular complexity index is 1080. The molecular weight excluding hydrogens is 396 g/mol. The van der Waals surface area contributed by atoms with Crippen molar-refractivity contribution in [2.75, 3.05) is 6.61 Å². The summed E-state index contributed by atoms with van der Waals surface area (Å²) in [7, 11) is 0. The lowest BCUT2D eigenvalue weighted by atomic mass is 10.1. The molecule has 3 aromatic rings. The van der Waals surface area contributed by atoms with E-state index in [-0.39, 0.29) is 12.5 Å². The fraction of sp³-hybridized carbons (Fsp3) is 0.125. The van der Waals surface area contributed by atoms with E-state index in [2.05, 4.69) is 10.5 Å². The maximum Gasteiger partial charge on any atom is 0.336 e. The number of hydrogen-bond acceptors (Lipinski definition) is 6. The van der Waals surface area contributed by atoms with E-state index in [4.69, 9.17) is 13.9 Å². The number of nitrogens with one attached hydrogen (secondary N) is 1. The number of benzene rings is 2. The molecule has 2 aromatic carbocycles. The molecule has 1 amide bonds. The van der Waals surface area contributed by atoms with Crippen molar-refractivity contribution in [3.8, 4) is 11.5 Å². The highest BCUT2D eigenvalue weighted by molar-refractivity contribution is 5.88. The number of rotatable bonds is 8. The minimum absolute atomic E-state index is 0.137. The summed E-state index contributed by atoms with van der Waals surface area (Å²) < 4.78 is 15.8. The van der Waals surface area contributed by atoms with E-state index in [1.807, 2.05) is 32.0 Å². The van der Waals surface area contributed by atoms with Crippen LogP contribution in [0.25, 0.3) is 6.08 Å². The molecule has 0 radical (unpaired) electrons. The first-order chi connectivity index (χ1) is 15.0. The Balaban J connectivity index is 1.44. The molecule has 158 valence electrons. The standard InChI is InChI=1S/C24H22N2O5/c1-17-5-3-7-22(18(17)2)30-16-23(27)26-25-15-19-8-10-21(11-9-19)31-24(28)13-12-20-6-4-14-29-20/h3-15H,16H2,1-2H3,(H,26,27). The Hall–Kier alpha value is -4.13. The zero-order chi connectivity index (χ0) is 22.1. The highest BCUT2D eigenvalue weighted by atomic mass is 16.5. The summed E-state index contributed by atoms with van der Waals surface area (Å²) in [5.74, 6) is 0.727. The van der Waals surface area contributed by atoms with Gasteiger partial charge in [0.15, 0.2) is 6.61 Å². The second-order valence-corrected chi connectivity index (χ2v) is 6.62. The van der Waals surface area contributed by atoms with Crippen LogP contribution in [-0.4, -0.2) is 24.7 Å². The number of amides is 1. The van der Waals surface area contributed by atoms with Crippen LogP contribution in [0.15, 0.2) is 76.5 Å². The highest BCUT2D eigenvalue weighted by Crippen LogP contribution is 2.20. The van der Waals surface area contributed by atoms with Crippen LogP contribution in [0.5, 0.6) is 11.5 Å². The molecule has 0 aliphatic rings. The summed E-state index contributed by atoms with van der Waals surface area (Å²) in [6.45, 7) is 3.79. The van der Waals surface area contributed by atoms with Gasteiger partial charge in [0.1, 0.15) is 17.3 Å². The second-order valence-electron chi connectivity index (χ2n) is 6.62. The molecule has 0 aliphatic heterocycles. The number of carbonyl (C=O) groups excluding carboxylic acids is 2. The first-order valence-corrected chi connectivity index (χ1v) is 9.55. The lowest BCUT2D eigenvalue weighted by Crippen LogP contribution is -2.24. The molecule has 1 N–H and O–H groups in total. The molecule has 0 bridgehead atoms. The van der Waals surface area contributed by atoms with Crippen LogP contribution in [0.1, 0.15) is 22.5 Å². The number of ether oxygens (including phenoxy) is 2. The van der Waals surface area contributed by atoms with E-state index >= 15 is 0 Å². The van der Waals surface area contributed by atoms with Crippen molar-refractivity contribution in [1.82, 2.24) is 5.43 Å². The first kappa shape index (κ1) is 21.6. The van der Waals surface area contributed by atoms with Gasteiger partial charge in [-0.3, -0.25) is 4.79 Å². The van der Waals surface area contributed by atoms with Crippen molar-refractivity contribution in [2.24, 2.45) is 5.10 Å². The largest absolute Gasteiger partial charge is 0.483 e. The van der Waals surface area contributed by atoms with Crippen molar-refractivity contribution in [1.29, 1.82) is 0 Å². The van der Waals surface area contributed by atoms with Gasteiger partial charge < -0.3 is 13.9 Å². The fourth-order valence-corrected chi connectivity index (χ4v) is 2.54. The molecule has 0 atom stereocenters. The van der Waals surface area contributed by atoms with Crippen LogP contribution in [-0.2, 0) is 9.59 Å². The molecule has 1 heterocycles. The number of nitrogens with zero attached hydrogens (tertiary/aromatic N) is 1. The third-order valence-corrected chi connectivity index (χ3v) is 4.34. The minimum Gasteiger partial charge on any atom is -0.483 e. The van der Waals surface area contributed by atoms with E-state index in [0.717, 1.165) is 16.7 Å². The van der Waals surface area contributed by atoms with E-state index in [1.54, 1.807) is 36.4 Å². The maximum absolute atomic E-state index is 11.9. The lowest BCUT2D eigenvalue weighted by molar-refractivity contribution is -0.129. The Morgan fingerprint density at radius 1 is 1.06 bits per heavy atom. The Kier molecular flexibility index (Phi) is 7.37. The SMILES string of the molecule is Cc1cccc(OCC(=O)NN=Cc2ccc(OC(=O)C=Cc3ccco3)cc2)c1C. The Morgan fingerprint density at radius 2 is 1.87 bits per heavy atom. The number of esters is 1. The zero-order valence-corrected chi connectivity index (χ0v) is 17.2. The molecule has 0 saturated carbocycles. The number of furan rings is 1. The molecule has 0 aliphatic carbocycles. The van der Waals surface area contributed by atoms with E-state index < -0.39 is 5.97 Å². The number of carbonyl (C=O) groups is 2. The smallest absolute Gasteiger partial charge is 0.336 e. The summed E-state index contributed by atoms with van der Waals surface area (Å²) in [6, 6.07) is 15.8. The third kappa shape index (κ3) is 6.71. The van der Waals surface area contributed by atoms with Crippen molar-refractivity contribution < 1.29 is 23.5 Å². The summed E-state index contributed by atoms with van der Waals surface area (Å²) >= 11 is 0. The minimum atomic E-state index is -0.520. The zero-order valence-electron chi connectivity index (χ0n) is 17.2. The maximum atomic E-state index is 11.9. The Morgan fingerprint density at radius 3 is 2.61 bits per heavy atom. The molecule has 0 unspecified atom stereocenters. The normalized spacial score (nSPS) is 11.0. The molecule has 0 saturated heterocycles. The van der Waals surface area contributed by atoms with Gasteiger partial charge in [-0.25, -0.2) is 10.2 Å². The third-order valence-electron chi connectivity index (χ3n) is 4.34. The van der Waals surface area contributed by atoms with Gasteiger partial charge in [-0.1, -0.05) is 12.1 Å². The second kappa shape index (κ2) is 10.6. The molecule has 7 heteroatoms. The van der Waals surface area contributed by atoms with Crippen molar-refractivity contribution in [3.05, 3.63) is 89.4 Å². The predicted octanol–water partition coefficient (Wildman–Crippen LogP) is 4.04. The molecule has 0 fully saturated rings. The quantitative estimate of drug-likeness (QED) is 0.196. The molecule has 3 rings (SSSR count).